The number of nitrogens with zero attached hydrogens (tertiary/aromatic N) is 1. The van der Waals surface area contributed by atoms with E-state index in [2.05, 4.69) is 43.1 Å². The van der Waals surface area contributed by atoms with Gasteiger partial charge in [-0.3, -0.25) is 0 Å². The van der Waals surface area contributed by atoms with Gasteiger partial charge in [0.15, 0.2) is 0 Å². The second-order valence-corrected chi connectivity index (χ2v) is 4.12. The molecule has 0 spiro atoms. The van der Waals surface area contributed by atoms with E-state index >= 15 is 0 Å². The highest BCUT2D eigenvalue weighted by Gasteiger charge is 2.07. The number of aromatic nitrogens is 1. The van der Waals surface area contributed by atoms with Gasteiger partial charge in [-0.2, -0.15) is 5.26 Å². The second kappa shape index (κ2) is 4.40. The Balaban J connectivity index is 2.47. The SMILES string of the molecule is CCc1ccc2[nH]c(CCC#N)c(C)c2c1. The largest absolute Gasteiger partial charge is 0.358 e. The average Bonchev–Trinajstić information content (AvgIpc) is 2.63. The Hall–Kier alpha value is -1.75. The molecule has 0 aliphatic rings. The molecule has 0 saturated heterocycles. The van der Waals surface area contributed by atoms with Crippen molar-refractivity contribution >= 4 is 10.9 Å². The summed E-state index contributed by atoms with van der Waals surface area (Å²) in [5.74, 6) is 0. The molecule has 16 heavy (non-hydrogen) atoms. The molecule has 0 aliphatic heterocycles. The molecular formula is C14H16N2. The van der Waals surface area contributed by atoms with Crippen LogP contribution >= 0.6 is 0 Å². The van der Waals surface area contributed by atoms with Crippen LogP contribution in [0.3, 0.4) is 0 Å². The fraction of sp³-hybridized carbons (Fsp3) is 0.357. The van der Waals surface area contributed by atoms with Crippen molar-refractivity contribution in [1.82, 2.24) is 4.98 Å². The number of nitrogens with one attached hydrogen (secondary N) is 1. The van der Waals surface area contributed by atoms with Crippen LogP contribution in [0.25, 0.3) is 10.9 Å². The zero-order chi connectivity index (χ0) is 11.5. The summed E-state index contributed by atoms with van der Waals surface area (Å²) < 4.78 is 0. The molecule has 2 heteroatoms. The number of rotatable bonds is 3. The summed E-state index contributed by atoms with van der Waals surface area (Å²) in [6.07, 6.45) is 2.46. The zero-order valence-electron chi connectivity index (χ0n) is 9.80. The third-order valence-electron chi connectivity index (χ3n) is 3.12. The highest BCUT2D eigenvalue weighted by atomic mass is 14.7. The lowest BCUT2D eigenvalue weighted by Crippen LogP contribution is -1.85. The Kier molecular flexibility index (Phi) is 2.96. The molecule has 0 fully saturated rings. The van der Waals surface area contributed by atoms with Crippen molar-refractivity contribution in [3.63, 3.8) is 0 Å². The number of nitriles is 1. The van der Waals surface area contributed by atoms with Crippen LogP contribution in [0.5, 0.6) is 0 Å². The summed E-state index contributed by atoms with van der Waals surface area (Å²) in [7, 11) is 0. The number of aryl methyl sites for hydroxylation is 3. The van der Waals surface area contributed by atoms with E-state index in [0.29, 0.717) is 6.42 Å². The van der Waals surface area contributed by atoms with Gasteiger partial charge in [0, 0.05) is 29.4 Å². The Morgan fingerprint density at radius 3 is 2.88 bits per heavy atom. The van der Waals surface area contributed by atoms with Crippen LogP contribution in [0, 0.1) is 18.3 Å². The van der Waals surface area contributed by atoms with Crippen LogP contribution in [0.1, 0.15) is 30.2 Å². The van der Waals surface area contributed by atoms with Crippen molar-refractivity contribution in [1.29, 1.82) is 5.26 Å². The molecule has 2 aromatic rings. The Morgan fingerprint density at radius 1 is 1.38 bits per heavy atom. The van der Waals surface area contributed by atoms with Gasteiger partial charge in [-0.15, -0.1) is 0 Å². The highest BCUT2D eigenvalue weighted by Crippen LogP contribution is 2.23. The van der Waals surface area contributed by atoms with Crippen molar-refractivity contribution in [2.24, 2.45) is 0 Å². The van der Waals surface area contributed by atoms with E-state index in [9.17, 15) is 0 Å². The molecule has 82 valence electrons. The summed E-state index contributed by atoms with van der Waals surface area (Å²) in [6, 6.07) is 8.73. The normalized spacial score (nSPS) is 10.6. The first-order valence-electron chi connectivity index (χ1n) is 5.73. The van der Waals surface area contributed by atoms with Crippen molar-refractivity contribution in [2.75, 3.05) is 0 Å². The van der Waals surface area contributed by atoms with E-state index < -0.39 is 0 Å². The molecular weight excluding hydrogens is 196 g/mol. The number of hydrogen-bond acceptors (Lipinski definition) is 1. The van der Waals surface area contributed by atoms with Gasteiger partial charge >= 0.3 is 0 Å². The molecule has 0 bridgehead atoms. The predicted molar refractivity (Wildman–Crippen MR) is 66.3 cm³/mol. The molecule has 2 nitrogen and oxygen atoms in total. The molecule has 0 amide bonds. The van der Waals surface area contributed by atoms with Gasteiger partial charge in [-0.25, -0.2) is 0 Å². The van der Waals surface area contributed by atoms with Gasteiger partial charge in [0.05, 0.1) is 6.07 Å². The molecule has 1 heterocycles. The molecule has 0 atom stereocenters. The minimum Gasteiger partial charge on any atom is -0.358 e. The van der Waals surface area contributed by atoms with Gasteiger partial charge in [-0.05, 0) is 36.6 Å². The second-order valence-electron chi connectivity index (χ2n) is 4.12. The summed E-state index contributed by atoms with van der Waals surface area (Å²) in [5.41, 5.74) is 5.04. The molecule has 0 radical (unpaired) electrons. The summed E-state index contributed by atoms with van der Waals surface area (Å²) in [5, 5.41) is 9.91. The number of fused-ring (bicyclic) bond motifs is 1. The average molecular weight is 212 g/mol. The number of benzene rings is 1. The van der Waals surface area contributed by atoms with Crippen LogP contribution in [0.2, 0.25) is 0 Å². The molecule has 1 aromatic carbocycles. The topological polar surface area (TPSA) is 39.6 Å². The minimum atomic E-state index is 0.578. The Morgan fingerprint density at radius 2 is 2.19 bits per heavy atom. The number of H-pyrrole nitrogens is 1. The molecule has 0 saturated carbocycles. The first-order valence-corrected chi connectivity index (χ1v) is 5.73. The van der Waals surface area contributed by atoms with Gasteiger partial charge in [-0.1, -0.05) is 13.0 Å². The fourth-order valence-corrected chi connectivity index (χ4v) is 2.08. The summed E-state index contributed by atoms with van der Waals surface area (Å²) >= 11 is 0. The lowest BCUT2D eigenvalue weighted by Gasteiger charge is -1.97. The van der Waals surface area contributed by atoms with Gasteiger partial charge < -0.3 is 4.98 Å². The maximum Gasteiger partial charge on any atom is 0.0625 e. The predicted octanol–water partition coefficient (Wildman–Crippen LogP) is 3.49. The minimum absolute atomic E-state index is 0.578. The monoisotopic (exact) mass is 212 g/mol. The number of hydrogen-bond donors (Lipinski definition) is 1. The molecule has 1 N–H and O–H groups in total. The molecule has 0 aliphatic carbocycles. The third kappa shape index (κ3) is 1.81. The van der Waals surface area contributed by atoms with Gasteiger partial charge in [0.2, 0.25) is 0 Å². The van der Waals surface area contributed by atoms with E-state index in [0.717, 1.165) is 12.8 Å². The standard InChI is InChI=1S/C14H16N2/c1-3-11-6-7-14-12(9-11)10(2)13(16-14)5-4-8-15/h6-7,9,16H,3-5H2,1-2H3. The zero-order valence-corrected chi connectivity index (χ0v) is 9.80. The van der Waals surface area contributed by atoms with Crippen LogP contribution in [-0.4, -0.2) is 4.98 Å². The maximum absolute atomic E-state index is 8.61. The smallest absolute Gasteiger partial charge is 0.0625 e. The highest BCUT2D eigenvalue weighted by molar-refractivity contribution is 5.85. The quantitative estimate of drug-likeness (QED) is 0.831. The van der Waals surface area contributed by atoms with Crippen molar-refractivity contribution < 1.29 is 0 Å². The Labute approximate surface area is 95.9 Å². The van der Waals surface area contributed by atoms with E-state index in [1.807, 2.05) is 0 Å². The van der Waals surface area contributed by atoms with E-state index in [1.54, 1.807) is 0 Å². The van der Waals surface area contributed by atoms with Crippen LogP contribution in [-0.2, 0) is 12.8 Å². The van der Waals surface area contributed by atoms with E-state index in [1.165, 1.54) is 27.7 Å². The van der Waals surface area contributed by atoms with Gasteiger partial charge in [0.25, 0.3) is 0 Å². The molecule has 1 aromatic heterocycles. The summed E-state index contributed by atoms with van der Waals surface area (Å²) in [4.78, 5) is 3.40. The maximum atomic E-state index is 8.61. The van der Waals surface area contributed by atoms with E-state index in [-0.39, 0.29) is 0 Å². The lowest BCUT2D eigenvalue weighted by atomic mass is 10.1. The van der Waals surface area contributed by atoms with Gasteiger partial charge in [0.1, 0.15) is 0 Å². The van der Waals surface area contributed by atoms with Crippen LogP contribution < -0.4 is 0 Å². The molecule has 2 rings (SSSR count). The number of aromatic amines is 1. The van der Waals surface area contributed by atoms with Crippen LogP contribution in [0.15, 0.2) is 18.2 Å². The van der Waals surface area contributed by atoms with E-state index in [4.69, 9.17) is 5.26 Å². The van der Waals surface area contributed by atoms with Crippen molar-refractivity contribution in [3.05, 3.63) is 35.0 Å². The molecule has 0 unspecified atom stereocenters. The summed E-state index contributed by atoms with van der Waals surface area (Å²) in [6.45, 7) is 4.30. The third-order valence-corrected chi connectivity index (χ3v) is 3.12. The first-order chi connectivity index (χ1) is 7.76. The Bertz CT molecular complexity index is 544. The lowest BCUT2D eigenvalue weighted by molar-refractivity contribution is 0.961. The first kappa shape index (κ1) is 10.8. The van der Waals surface area contributed by atoms with Crippen molar-refractivity contribution in [3.8, 4) is 6.07 Å². The van der Waals surface area contributed by atoms with Crippen molar-refractivity contribution in [2.45, 2.75) is 33.1 Å². The van der Waals surface area contributed by atoms with Crippen LogP contribution in [0.4, 0.5) is 0 Å². The fourth-order valence-electron chi connectivity index (χ4n) is 2.08.